The smallest absolute Gasteiger partial charge is 0.286 e. The molecule has 1 aliphatic heterocycles. The monoisotopic (exact) mass is 394 g/mol. The van der Waals surface area contributed by atoms with E-state index in [4.69, 9.17) is 10.00 Å². The van der Waals surface area contributed by atoms with Gasteiger partial charge in [-0.1, -0.05) is 17.8 Å². The lowest BCUT2D eigenvalue weighted by Crippen LogP contribution is -2.18. The van der Waals surface area contributed by atoms with Gasteiger partial charge < -0.3 is 4.74 Å². The van der Waals surface area contributed by atoms with E-state index in [1.54, 1.807) is 0 Å². The molecule has 1 saturated heterocycles. The lowest BCUT2D eigenvalue weighted by atomic mass is 9.92. The van der Waals surface area contributed by atoms with Crippen LogP contribution < -0.4 is 10.1 Å². The number of aryl methyl sites for hydroxylation is 4. The molecule has 5 nitrogen and oxygen atoms in total. The summed E-state index contributed by atoms with van der Waals surface area (Å²) < 4.78 is 6.00. The first-order chi connectivity index (χ1) is 13.5. The molecule has 0 aromatic heterocycles. The Morgan fingerprint density at radius 3 is 2.21 bits per heavy atom. The fourth-order valence-electron chi connectivity index (χ4n) is 3.39. The van der Waals surface area contributed by atoms with Crippen molar-refractivity contribution < 1.29 is 14.3 Å². The average Bonchev–Trinajstić information content (AvgIpc) is 3.05. The quantitative estimate of drug-likeness (QED) is 0.790. The van der Waals surface area contributed by atoms with E-state index in [1.807, 2.05) is 32.0 Å². The van der Waals surface area contributed by atoms with E-state index in [0.29, 0.717) is 5.75 Å². The van der Waals surface area contributed by atoms with Crippen molar-refractivity contribution in [3.8, 4) is 17.6 Å². The topological polar surface area (TPSA) is 79.2 Å². The van der Waals surface area contributed by atoms with Crippen molar-refractivity contribution in [1.82, 2.24) is 5.32 Å². The second kappa shape index (κ2) is 8.94. The van der Waals surface area contributed by atoms with Gasteiger partial charge in [0, 0.05) is 0 Å². The summed E-state index contributed by atoms with van der Waals surface area (Å²) in [6.45, 7) is 3.90. The van der Waals surface area contributed by atoms with Crippen LogP contribution in [0.1, 0.15) is 40.7 Å². The van der Waals surface area contributed by atoms with Gasteiger partial charge in [0.05, 0.1) is 17.4 Å². The average molecular weight is 394 g/mol. The van der Waals surface area contributed by atoms with Crippen LogP contribution in [0.3, 0.4) is 0 Å². The Balaban J connectivity index is 0.000000271. The molecule has 0 spiro atoms. The normalized spacial score (nSPS) is 15.0. The number of nitriles is 1. The molecule has 0 bridgehead atoms. The van der Waals surface area contributed by atoms with Crippen LogP contribution in [0, 0.1) is 25.2 Å². The number of thioether (sulfide) groups is 1. The summed E-state index contributed by atoms with van der Waals surface area (Å²) >= 11 is 1.01. The Labute approximate surface area is 169 Å². The first kappa shape index (κ1) is 20.0. The first-order valence-electron chi connectivity index (χ1n) is 9.24. The predicted molar refractivity (Wildman–Crippen MR) is 110 cm³/mol. The van der Waals surface area contributed by atoms with E-state index >= 15 is 0 Å². The Bertz CT molecular complexity index is 926. The van der Waals surface area contributed by atoms with E-state index in [2.05, 4.69) is 23.5 Å². The maximum Gasteiger partial charge on any atom is 0.286 e. The van der Waals surface area contributed by atoms with Crippen molar-refractivity contribution in [2.45, 2.75) is 39.5 Å². The number of fused-ring (bicyclic) bond motifs is 1. The number of ether oxygens (including phenoxy) is 1. The molecule has 0 atom stereocenters. The summed E-state index contributed by atoms with van der Waals surface area (Å²) in [6.07, 6.45) is 4.90. The molecule has 2 aromatic rings. The van der Waals surface area contributed by atoms with E-state index < -0.39 is 0 Å². The highest BCUT2D eigenvalue weighted by atomic mass is 32.2. The number of hydrogen-bond acceptors (Lipinski definition) is 5. The fraction of sp³-hybridized carbons (Fsp3) is 0.318. The van der Waals surface area contributed by atoms with Crippen molar-refractivity contribution in [1.29, 1.82) is 5.26 Å². The Hall–Kier alpha value is -2.78. The van der Waals surface area contributed by atoms with Crippen LogP contribution in [-0.2, 0) is 17.6 Å². The number of benzene rings is 2. The van der Waals surface area contributed by atoms with Gasteiger partial charge in [-0.15, -0.1) is 0 Å². The summed E-state index contributed by atoms with van der Waals surface area (Å²) in [5.74, 6) is 1.80. The number of imide groups is 1. The predicted octanol–water partition coefficient (Wildman–Crippen LogP) is 4.82. The van der Waals surface area contributed by atoms with E-state index in [9.17, 15) is 9.59 Å². The number of nitrogens with zero attached hydrogens (tertiary/aromatic N) is 1. The number of carbonyl (C=O) groups is 2. The van der Waals surface area contributed by atoms with Gasteiger partial charge in [0.1, 0.15) is 11.5 Å². The van der Waals surface area contributed by atoms with Crippen LogP contribution in [-0.4, -0.2) is 16.9 Å². The molecule has 1 fully saturated rings. The Morgan fingerprint density at radius 2 is 1.68 bits per heavy atom. The van der Waals surface area contributed by atoms with Gasteiger partial charge in [-0.05, 0) is 86.1 Å². The van der Waals surface area contributed by atoms with Crippen molar-refractivity contribution in [3.05, 3.63) is 58.1 Å². The third-order valence-corrected chi connectivity index (χ3v) is 5.52. The number of rotatable bonds is 2. The van der Waals surface area contributed by atoms with Gasteiger partial charge in [-0.2, -0.15) is 5.26 Å². The van der Waals surface area contributed by atoms with Gasteiger partial charge in [0.15, 0.2) is 0 Å². The molecule has 2 aromatic carbocycles. The Morgan fingerprint density at radius 1 is 1.00 bits per heavy atom. The molecular weight excluding hydrogens is 372 g/mol. The van der Waals surface area contributed by atoms with E-state index in [0.717, 1.165) is 46.4 Å². The number of amides is 2. The summed E-state index contributed by atoms with van der Waals surface area (Å²) in [7, 11) is 0. The molecule has 6 heteroatoms. The van der Waals surface area contributed by atoms with E-state index in [-0.39, 0.29) is 11.1 Å². The lowest BCUT2D eigenvalue weighted by Gasteiger charge is -2.17. The highest BCUT2D eigenvalue weighted by Crippen LogP contribution is 2.30. The van der Waals surface area contributed by atoms with Gasteiger partial charge >= 0.3 is 0 Å². The largest absolute Gasteiger partial charge is 0.457 e. The summed E-state index contributed by atoms with van der Waals surface area (Å²) in [6, 6.07) is 12.5. The maximum atomic E-state index is 10.1. The van der Waals surface area contributed by atoms with Crippen molar-refractivity contribution in [2.24, 2.45) is 0 Å². The molecule has 2 aliphatic rings. The Kier molecular flexibility index (Phi) is 6.37. The van der Waals surface area contributed by atoms with Crippen LogP contribution in [0.25, 0.3) is 0 Å². The second-order valence-corrected chi connectivity index (χ2v) is 7.86. The molecule has 144 valence electrons. The highest BCUT2D eigenvalue weighted by Gasteiger charge is 2.16. The molecule has 28 heavy (non-hydrogen) atoms. The minimum atomic E-state index is -0.231. The van der Waals surface area contributed by atoms with Crippen LogP contribution >= 0.6 is 11.8 Å². The van der Waals surface area contributed by atoms with Crippen molar-refractivity contribution >= 4 is 22.9 Å². The molecule has 1 aliphatic carbocycles. The fourth-order valence-corrected chi connectivity index (χ4v) is 3.91. The lowest BCUT2D eigenvalue weighted by molar-refractivity contribution is -0.117. The maximum absolute atomic E-state index is 10.1. The van der Waals surface area contributed by atoms with E-state index in [1.165, 1.54) is 30.4 Å². The molecule has 0 unspecified atom stereocenters. The molecule has 0 radical (unpaired) electrons. The van der Waals surface area contributed by atoms with Crippen molar-refractivity contribution in [2.75, 3.05) is 5.75 Å². The van der Waals surface area contributed by atoms with Crippen LogP contribution in [0.4, 0.5) is 4.79 Å². The van der Waals surface area contributed by atoms with Crippen LogP contribution in [0.2, 0.25) is 0 Å². The minimum Gasteiger partial charge on any atom is -0.457 e. The first-order valence-corrected chi connectivity index (χ1v) is 10.2. The third-order valence-electron chi connectivity index (χ3n) is 4.75. The molecule has 1 heterocycles. The summed E-state index contributed by atoms with van der Waals surface area (Å²) in [5.41, 5.74) is 5.55. The standard InChI is InChI=1S/C19H19NO.C3H3NO2S/c1-13-9-18(10-14(2)19(13)12-20)21-17-8-7-15-5-3-4-6-16(15)11-17;5-2-1-7-3(6)4-2/h7-11H,3-6H2,1-2H3;1H2,(H,4,5,6). The zero-order chi connectivity index (χ0) is 20.1. The number of nitrogens with one attached hydrogen (secondary N) is 1. The second-order valence-electron chi connectivity index (χ2n) is 6.91. The third kappa shape index (κ3) is 4.93. The molecule has 1 N–H and O–H groups in total. The number of carbonyl (C=O) groups excluding carboxylic acids is 2. The molecule has 0 saturated carbocycles. The molecule has 4 rings (SSSR count). The van der Waals surface area contributed by atoms with Gasteiger partial charge in [-0.25, -0.2) is 0 Å². The van der Waals surface area contributed by atoms with Gasteiger partial charge in [-0.3, -0.25) is 14.9 Å². The summed E-state index contributed by atoms with van der Waals surface area (Å²) in [4.78, 5) is 20.2. The minimum absolute atomic E-state index is 0.185. The highest BCUT2D eigenvalue weighted by molar-refractivity contribution is 8.14. The van der Waals surface area contributed by atoms with Gasteiger partial charge in [0.25, 0.3) is 5.24 Å². The molecule has 2 amide bonds. The van der Waals surface area contributed by atoms with Gasteiger partial charge in [0.2, 0.25) is 5.91 Å². The zero-order valence-corrected chi connectivity index (χ0v) is 16.8. The van der Waals surface area contributed by atoms with Crippen LogP contribution in [0.5, 0.6) is 11.5 Å². The van der Waals surface area contributed by atoms with Crippen LogP contribution in [0.15, 0.2) is 30.3 Å². The zero-order valence-electron chi connectivity index (χ0n) is 16.0. The summed E-state index contributed by atoms with van der Waals surface area (Å²) in [5, 5.41) is 11.0. The van der Waals surface area contributed by atoms with Crippen molar-refractivity contribution in [3.63, 3.8) is 0 Å². The number of hydrogen-bond donors (Lipinski definition) is 1. The molecular formula is C22H22N2O3S. The SMILES string of the molecule is Cc1cc(Oc2ccc3c(c2)CCCC3)cc(C)c1C#N.O=C1CSC(=O)N1.